The molecule has 0 atom stereocenters. The van der Waals surface area contributed by atoms with E-state index in [4.69, 9.17) is 23.2 Å². The molecular formula is C22H14Cl2N2O4. The van der Waals surface area contributed by atoms with Crippen LogP contribution in [0, 0.1) is 20.2 Å². The van der Waals surface area contributed by atoms with Gasteiger partial charge in [0.05, 0.1) is 27.0 Å². The van der Waals surface area contributed by atoms with E-state index in [0.29, 0.717) is 21.2 Å². The van der Waals surface area contributed by atoms with Crippen LogP contribution in [0.1, 0.15) is 22.3 Å². The minimum atomic E-state index is -0.652. The van der Waals surface area contributed by atoms with Crippen LogP contribution in [-0.2, 0) is 0 Å². The molecule has 0 radical (unpaired) electrons. The lowest BCUT2D eigenvalue weighted by atomic mass is 10.0. The fourth-order valence-electron chi connectivity index (χ4n) is 2.77. The Morgan fingerprint density at radius 1 is 0.600 bits per heavy atom. The molecule has 3 aromatic carbocycles. The summed E-state index contributed by atoms with van der Waals surface area (Å²) in [4.78, 5) is 21.7. The summed E-state index contributed by atoms with van der Waals surface area (Å²) in [7, 11) is 0. The Labute approximate surface area is 182 Å². The van der Waals surface area contributed by atoms with Crippen LogP contribution >= 0.6 is 23.2 Å². The van der Waals surface area contributed by atoms with Crippen molar-refractivity contribution in [3.05, 3.63) is 113 Å². The van der Waals surface area contributed by atoms with Crippen LogP contribution < -0.4 is 0 Å². The Kier molecular flexibility index (Phi) is 6.61. The van der Waals surface area contributed by atoms with E-state index in [1.807, 2.05) is 0 Å². The lowest BCUT2D eigenvalue weighted by Gasteiger charge is -2.04. The molecule has 8 heteroatoms. The molecule has 0 spiro atoms. The summed E-state index contributed by atoms with van der Waals surface area (Å²) in [5.74, 6) is 0. The molecule has 3 rings (SSSR count). The zero-order valence-corrected chi connectivity index (χ0v) is 16.9. The first-order valence-electron chi connectivity index (χ1n) is 8.69. The average molecular weight is 441 g/mol. The first-order chi connectivity index (χ1) is 14.4. The number of nitro benzene ring substituents is 2. The summed E-state index contributed by atoms with van der Waals surface area (Å²) >= 11 is 12.3. The third-order valence-corrected chi connectivity index (χ3v) is 4.95. The van der Waals surface area contributed by atoms with E-state index in [1.165, 1.54) is 18.2 Å². The Morgan fingerprint density at radius 3 is 1.33 bits per heavy atom. The van der Waals surface area contributed by atoms with Gasteiger partial charge in [0.1, 0.15) is 0 Å². The molecule has 3 aromatic rings. The van der Waals surface area contributed by atoms with Crippen LogP contribution in [0.2, 0.25) is 10.0 Å². The van der Waals surface area contributed by atoms with Crippen molar-refractivity contribution in [2.75, 3.05) is 0 Å². The first kappa shape index (κ1) is 21.2. The molecule has 0 aliphatic carbocycles. The van der Waals surface area contributed by atoms with E-state index in [-0.39, 0.29) is 22.5 Å². The molecule has 0 saturated heterocycles. The maximum absolute atomic E-state index is 11.5. The van der Waals surface area contributed by atoms with Gasteiger partial charge in [-0.25, -0.2) is 0 Å². The average Bonchev–Trinajstić information content (AvgIpc) is 2.72. The summed E-state index contributed by atoms with van der Waals surface area (Å²) < 4.78 is 0. The number of benzene rings is 3. The summed E-state index contributed by atoms with van der Waals surface area (Å²) in [5, 5.41) is 24.0. The zero-order chi connectivity index (χ0) is 21.7. The quantitative estimate of drug-likeness (QED) is 0.231. The molecule has 0 aromatic heterocycles. The number of rotatable bonds is 6. The molecule has 0 saturated carbocycles. The molecule has 0 heterocycles. The first-order valence-corrected chi connectivity index (χ1v) is 9.44. The number of halogens is 2. The molecule has 0 bridgehead atoms. The minimum absolute atomic E-state index is 0.212. The van der Waals surface area contributed by atoms with Crippen molar-refractivity contribution < 1.29 is 9.85 Å². The standard InChI is InChI=1S/C22H14Cl2N2O4/c23-19-7-3-1-5-15(19)9-11-17-13-18(12-10-16-6-2-4-8-20(16)24)22(26(29)30)14-21(17)25(27)28/h1-14H/b11-9+,12-10+. The predicted octanol–water partition coefficient (Wildman–Crippen LogP) is 7.15. The maximum Gasteiger partial charge on any atom is 0.283 e. The molecule has 0 aliphatic heterocycles. The topological polar surface area (TPSA) is 86.3 Å². The van der Waals surface area contributed by atoms with E-state index in [1.54, 1.807) is 60.7 Å². The van der Waals surface area contributed by atoms with Crippen LogP contribution in [0.5, 0.6) is 0 Å². The van der Waals surface area contributed by atoms with Gasteiger partial charge in [0, 0.05) is 10.0 Å². The van der Waals surface area contributed by atoms with Gasteiger partial charge in [-0.2, -0.15) is 0 Å². The van der Waals surface area contributed by atoms with Crippen molar-refractivity contribution in [1.82, 2.24) is 0 Å². The van der Waals surface area contributed by atoms with Crippen LogP contribution in [0.4, 0.5) is 11.4 Å². The van der Waals surface area contributed by atoms with Gasteiger partial charge >= 0.3 is 0 Å². The predicted molar refractivity (Wildman–Crippen MR) is 121 cm³/mol. The highest BCUT2D eigenvalue weighted by Crippen LogP contribution is 2.32. The highest BCUT2D eigenvalue weighted by atomic mass is 35.5. The number of nitro groups is 2. The van der Waals surface area contributed by atoms with Gasteiger partial charge in [-0.15, -0.1) is 0 Å². The minimum Gasteiger partial charge on any atom is -0.258 e. The largest absolute Gasteiger partial charge is 0.283 e. The number of nitrogens with zero attached hydrogens (tertiary/aromatic N) is 2. The van der Waals surface area contributed by atoms with Crippen molar-refractivity contribution in [2.45, 2.75) is 0 Å². The molecule has 0 N–H and O–H groups in total. The van der Waals surface area contributed by atoms with Crippen LogP contribution in [0.25, 0.3) is 24.3 Å². The molecule has 0 aliphatic rings. The van der Waals surface area contributed by atoms with Crippen molar-refractivity contribution >= 4 is 58.9 Å². The smallest absolute Gasteiger partial charge is 0.258 e. The van der Waals surface area contributed by atoms with Crippen molar-refractivity contribution in [2.24, 2.45) is 0 Å². The van der Waals surface area contributed by atoms with E-state index < -0.39 is 9.85 Å². The van der Waals surface area contributed by atoms with Crippen molar-refractivity contribution in [3.63, 3.8) is 0 Å². The lowest BCUT2D eigenvalue weighted by Crippen LogP contribution is -1.98. The maximum atomic E-state index is 11.5. The van der Waals surface area contributed by atoms with Crippen LogP contribution in [0.15, 0.2) is 60.7 Å². The molecule has 0 unspecified atom stereocenters. The van der Waals surface area contributed by atoms with Gasteiger partial charge < -0.3 is 0 Å². The second-order valence-corrected chi connectivity index (χ2v) is 7.01. The van der Waals surface area contributed by atoms with E-state index in [2.05, 4.69) is 0 Å². The lowest BCUT2D eigenvalue weighted by molar-refractivity contribution is -0.394. The highest BCUT2D eigenvalue weighted by Gasteiger charge is 2.22. The second kappa shape index (κ2) is 9.35. The number of hydrogen-bond acceptors (Lipinski definition) is 4. The van der Waals surface area contributed by atoms with Crippen LogP contribution in [-0.4, -0.2) is 9.85 Å². The Bertz CT molecular complexity index is 1100. The number of hydrogen-bond donors (Lipinski definition) is 0. The molecule has 6 nitrogen and oxygen atoms in total. The van der Waals surface area contributed by atoms with Crippen molar-refractivity contribution in [1.29, 1.82) is 0 Å². The molecular weight excluding hydrogens is 427 g/mol. The summed E-state index contributed by atoms with van der Waals surface area (Å²) in [6.07, 6.45) is 6.27. The van der Waals surface area contributed by atoms with Gasteiger partial charge in [-0.3, -0.25) is 20.2 Å². The van der Waals surface area contributed by atoms with E-state index in [9.17, 15) is 20.2 Å². The van der Waals surface area contributed by atoms with Gasteiger partial charge in [-0.05, 0) is 41.5 Å². The highest BCUT2D eigenvalue weighted by molar-refractivity contribution is 6.32. The molecule has 150 valence electrons. The monoisotopic (exact) mass is 440 g/mol. The van der Waals surface area contributed by atoms with Gasteiger partial charge in [-0.1, -0.05) is 71.8 Å². The Hall–Kier alpha value is -3.48. The van der Waals surface area contributed by atoms with Crippen LogP contribution in [0.3, 0.4) is 0 Å². The fraction of sp³-hybridized carbons (Fsp3) is 0. The van der Waals surface area contributed by atoms with E-state index >= 15 is 0 Å². The second-order valence-electron chi connectivity index (χ2n) is 6.19. The SMILES string of the molecule is O=[N+]([O-])c1cc([N+](=O)[O-])c(/C=C/c2ccccc2Cl)cc1/C=C/c1ccccc1Cl. The summed E-state index contributed by atoms with van der Waals surface area (Å²) in [6.45, 7) is 0. The van der Waals surface area contributed by atoms with Gasteiger partial charge in [0.15, 0.2) is 0 Å². The zero-order valence-electron chi connectivity index (χ0n) is 15.4. The summed E-state index contributed by atoms with van der Waals surface area (Å²) in [5.41, 5.74) is 1.01. The summed E-state index contributed by atoms with van der Waals surface area (Å²) in [6, 6.07) is 16.4. The normalized spacial score (nSPS) is 11.3. The Morgan fingerprint density at radius 2 is 0.967 bits per heavy atom. The molecule has 0 fully saturated rings. The van der Waals surface area contributed by atoms with Gasteiger partial charge in [0.25, 0.3) is 11.4 Å². The molecule has 0 amide bonds. The Balaban J connectivity index is 2.11. The third kappa shape index (κ3) is 4.92. The fourth-order valence-corrected chi connectivity index (χ4v) is 3.17. The van der Waals surface area contributed by atoms with Gasteiger partial charge in [0.2, 0.25) is 0 Å². The third-order valence-electron chi connectivity index (χ3n) is 4.26. The van der Waals surface area contributed by atoms with Crippen molar-refractivity contribution in [3.8, 4) is 0 Å². The van der Waals surface area contributed by atoms with E-state index in [0.717, 1.165) is 6.07 Å². The molecule has 30 heavy (non-hydrogen) atoms.